The van der Waals surface area contributed by atoms with Crippen molar-refractivity contribution in [2.24, 2.45) is 0 Å². The lowest BCUT2D eigenvalue weighted by Crippen LogP contribution is -1.98. The Balaban J connectivity index is 2.34. The molecule has 0 saturated carbocycles. The third-order valence-corrected chi connectivity index (χ3v) is 3.14. The summed E-state index contributed by atoms with van der Waals surface area (Å²) in [7, 11) is 0. The first-order valence-electron chi connectivity index (χ1n) is 6.06. The van der Waals surface area contributed by atoms with Crippen LogP contribution in [0.5, 0.6) is 11.5 Å². The fourth-order valence-corrected chi connectivity index (χ4v) is 1.75. The number of ether oxygens (including phenoxy) is 1. The van der Waals surface area contributed by atoms with Gasteiger partial charge in [0.05, 0.1) is 5.56 Å². The predicted molar refractivity (Wildman–Crippen MR) is 74.1 cm³/mol. The maximum atomic E-state index is 11.0. The van der Waals surface area contributed by atoms with Crippen LogP contribution in [0.4, 0.5) is 0 Å². The molecule has 1 N–H and O–H groups in total. The van der Waals surface area contributed by atoms with E-state index < -0.39 is 5.97 Å². The second-order valence-corrected chi connectivity index (χ2v) is 4.63. The molecule has 0 spiro atoms. The highest BCUT2D eigenvalue weighted by Gasteiger charge is 2.08. The topological polar surface area (TPSA) is 46.5 Å². The highest BCUT2D eigenvalue weighted by atomic mass is 16.5. The summed E-state index contributed by atoms with van der Waals surface area (Å²) in [5.41, 5.74) is 3.47. The Bertz CT molecular complexity index is 630. The van der Waals surface area contributed by atoms with E-state index in [4.69, 9.17) is 9.84 Å². The lowest BCUT2D eigenvalue weighted by molar-refractivity contribution is 0.0696. The van der Waals surface area contributed by atoms with E-state index in [-0.39, 0.29) is 5.56 Å². The molecule has 0 amide bonds. The zero-order valence-electron chi connectivity index (χ0n) is 11.2. The molecule has 2 rings (SSSR count). The molecule has 0 aromatic heterocycles. The van der Waals surface area contributed by atoms with Gasteiger partial charge in [-0.15, -0.1) is 0 Å². The van der Waals surface area contributed by atoms with Crippen molar-refractivity contribution in [2.45, 2.75) is 20.8 Å². The number of aryl methyl sites for hydroxylation is 3. The van der Waals surface area contributed by atoms with E-state index in [1.54, 1.807) is 18.2 Å². The minimum absolute atomic E-state index is 0.226. The predicted octanol–water partition coefficient (Wildman–Crippen LogP) is 4.10. The van der Waals surface area contributed by atoms with Crippen molar-refractivity contribution < 1.29 is 14.6 Å². The number of hydrogen-bond acceptors (Lipinski definition) is 2. The normalized spacial score (nSPS) is 10.3. The first-order valence-corrected chi connectivity index (χ1v) is 6.06. The van der Waals surface area contributed by atoms with Gasteiger partial charge >= 0.3 is 5.97 Å². The summed E-state index contributed by atoms with van der Waals surface area (Å²) in [6.45, 7) is 5.94. The third kappa shape index (κ3) is 2.94. The Morgan fingerprint density at radius 1 is 0.947 bits per heavy atom. The van der Waals surface area contributed by atoms with Gasteiger partial charge in [-0.25, -0.2) is 4.79 Å². The average molecular weight is 256 g/mol. The lowest BCUT2D eigenvalue weighted by Gasteiger charge is -2.11. The van der Waals surface area contributed by atoms with Gasteiger partial charge in [0.1, 0.15) is 11.5 Å². The molecule has 0 atom stereocenters. The molecule has 3 heteroatoms. The van der Waals surface area contributed by atoms with Crippen LogP contribution < -0.4 is 4.74 Å². The first-order chi connectivity index (χ1) is 8.97. The average Bonchev–Trinajstić information content (AvgIpc) is 2.36. The van der Waals surface area contributed by atoms with Crippen molar-refractivity contribution in [3.63, 3.8) is 0 Å². The summed E-state index contributed by atoms with van der Waals surface area (Å²) in [6.07, 6.45) is 0. The Labute approximate surface area is 112 Å². The quantitative estimate of drug-likeness (QED) is 0.899. The fraction of sp³-hybridized carbons (Fsp3) is 0.188. The summed E-state index contributed by atoms with van der Waals surface area (Å²) in [6, 6.07) is 10.7. The van der Waals surface area contributed by atoms with Gasteiger partial charge in [0, 0.05) is 0 Å². The zero-order chi connectivity index (χ0) is 14.0. The summed E-state index contributed by atoms with van der Waals surface area (Å²) in [5, 5.41) is 8.99. The van der Waals surface area contributed by atoms with Crippen molar-refractivity contribution in [3.05, 3.63) is 58.7 Å². The third-order valence-electron chi connectivity index (χ3n) is 3.14. The maximum Gasteiger partial charge on any atom is 0.335 e. The molecule has 0 saturated heterocycles. The lowest BCUT2D eigenvalue weighted by atomic mass is 10.1. The van der Waals surface area contributed by atoms with Gasteiger partial charge in [-0.2, -0.15) is 0 Å². The molecule has 3 nitrogen and oxygen atoms in total. The monoisotopic (exact) mass is 256 g/mol. The van der Waals surface area contributed by atoms with Crippen molar-refractivity contribution in [1.29, 1.82) is 0 Å². The molecule has 0 aliphatic rings. The Kier molecular flexibility index (Phi) is 3.56. The van der Waals surface area contributed by atoms with E-state index in [1.807, 2.05) is 39.0 Å². The van der Waals surface area contributed by atoms with E-state index in [9.17, 15) is 4.79 Å². The molecule has 0 aliphatic carbocycles. The molecule has 98 valence electrons. The SMILES string of the molecule is Cc1ccc(Oc2cc(C(=O)O)ccc2C)cc1C. The van der Waals surface area contributed by atoms with Crippen molar-refractivity contribution >= 4 is 5.97 Å². The van der Waals surface area contributed by atoms with Crippen LogP contribution in [-0.4, -0.2) is 11.1 Å². The van der Waals surface area contributed by atoms with Gasteiger partial charge in [-0.05, 0) is 61.7 Å². The standard InChI is InChI=1S/C16H16O3/c1-10-5-7-14(8-12(10)3)19-15-9-13(16(17)18)6-4-11(15)2/h4-9H,1-3H3,(H,17,18). The molecular weight excluding hydrogens is 240 g/mol. The molecule has 0 bridgehead atoms. The first kappa shape index (κ1) is 13.1. The van der Waals surface area contributed by atoms with Crippen LogP contribution in [0, 0.1) is 20.8 Å². The number of carboxylic acids is 1. The van der Waals surface area contributed by atoms with Gasteiger partial charge < -0.3 is 9.84 Å². The largest absolute Gasteiger partial charge is 0.478 e. The van der Waals surface area contributed by atoms with Gasteiger partial charge in [0.15, 0.2) is 0 Å². The highest BCUT2D eigenvalue weighted by molar-refractivity contribution is 5.88. The molecule has 0 radical (unpaired) electrons. The molecule has 0 unspecified atom stereocenters. The second-order valence-electron chi connectivity index (χ2n) is 4.63. The van der Waals surface area contributed by atoms with Crippen LogP contribution in [0.25, 0.3) is 0 Å². The highest BCUT2D eigenvalue weighted by Crippen LogP contribution is 2.27. The molecule has 0 aliphatic heterocycles. The van der Waals surface area contributed by atoms with E-state index in [0.29, 0.717) is 11.5 Å². The van der Waals surface area contributed by atoms with Crippen molar-refractivity contribution in [3.8, 4) is 11.5 Å². The molecule has 0 fully saturated rings. The van der Waals surface area contributed by atoms with Crippen LogP contribution in [0.1, 0.15) is 27.0 Å². The summed E-state index contributed by atoms with van der Waals surface area (Å²) in [4.78, 5) is 11.0. The molecule has 2 aromatic rings. The van der Waals surface area contributed by atoms with Gasteiger partial charge in [-0.3, -0.25) is 0 Å². The minimum Gasteiger partial charge on any atom is -0.478 e. The van der Waals surface area contributed by atoms with Crippen LogP contribution in [0.3, 0.4) is 0 Å². The van der Waals surface area contributed by atoms with Gasteiger partial charge in [0.2, 0.25) is 0 Å². The number of carboxylic acid groups (broad SMARTS) is 1. The molecule has 0 heterocycles. The Morgan fingerprint density at radius 3 is 2.26 bits per heavy atom. The van der Waals surface area contributed by atoms with E-state index in [1.165, 1.54) is 5.56 Å². The number of rotatable bonds is 3. The van der Waals surface area contributed by atoms with Crippen molar-refractivity contribution in [1.82, 2.24) is 0 Å². The summed E-state index contributed by atoms with van der Waals surface area (Å²) < 4.78 is 5.77. The Hall–Kier alpha value is -2.29. The van der Waals surface area contributed by atoms with Gasteiger partial charge in [-0.1, -0.05) is 12.1 Å². The molecule has 19 heavy (non-hydrogen) atoms. The number of aromatic carboxylic acids is 1. The van der Waals surface area contributed by atoms with Crippen LogP contribution in [0.2, 0.25) is 0 Å². The van der Waals surface area contributed by atoms with Gasteiger partial charge in [0.25, 0.3) is 0 Å². The fourth-order valence-electron chi connectivity index (χ4n) is 1.75. The molecule has 2 aromatic carbocycles. The molecular formula is C16H16O3. The van der Waals surface area contributed by atoms with E-state index >= 15 is 0 Å². The summed E-state index contributed by atoms with van der Waals surface area (Å²) in [5.74, 6) is 0.335. The number of benzene rings is 2. The summed E-state index contributed by atoms with van der Waals surface area (Å²) >= 11 is 0. The number of hydrogen-bond donors (Lipinski definition) is 1. The van der Waals surface area contributed by atoms with E-state index in [0.717, 1.165) is 11.1 Å². The zero-order valence-corrected chi connectivity index (χ0v) is 11.2. The second kappa shape index (κ2) is 5.14. The minimum atomic E-state index is -0.954. The maximum absolute atomic E-state index is 11.0. The Morgan fingerprint density at radius 2 is 1.63 bits per heavy atom. The van der Waals surface area contributed by atoms with E-state index in [2.05, 4.69) is 0 Å². The van der Waals surface area contributed by atoms with Crippen LogP contribution in [0.15, 0.2) is 36.4 Å². The smallest absolute Gasteiger partial charge is 0.335 e. The van der Waals surface area contributed by atoms with Crippen LogP contribution in [-0.2, 0) is 0 Å². The number of carbonyl (C=O) groups is 1. The van der Waals surface area contributed by atoms with Crippen molar-refractivity contribution in [2.75, 3.05) is 0 Å². The van der Waals surface area contributed by atoms with Crippen LogP contribution >= 0.6 is 0 Å².